The topological polar surface area (TPSA) is 138 Å². The number of carbonyl (C=O) groups excluding carboxylic acids is 1. The molecule has 4 bridgehead atoms. The predicted octanol–water partition coefficient (Wildman–Crippen LogP) is 2.34. The molecule has 0 aromatic carbocycles. The number of ether oxygens (including phenoxy) is 1. The average Bonchev–Trinajstić information content (AvgIpc) is 3.45. The summed E-state index contributed by atoms with van der Waals surface area (Å²) in [5.41, 5.74) is 1.86. The molecule has 4 aliphatic rings. The third-order valence-corrected chi connectivity index (χ3v) is 7.59. The fraction of sp³-hybridized carbons (Fsp3) is 0.565. The molecule has 10 nitrogen and oxygen atoms in total. The number of carbonyl (C=O) groups is 1. The van der Waals surface area contributed by atoms with Crippen LogP contribution in [0.1, 0.15) is 42.8 Å². The number of rotatable bonds is 7. The van der Waals surface area contributed by atoms with E-state index in [4.69, 9.17) is 9.26 Å². The molecular weight excluding hydrogens is 424 g/mol. The highest BCUT2D eigenvalue weighted by Crippen LogP contribution is 2.56. The van der Waals surface area contributed by atoms with Crippen LogP contribution >= 0.6 is 0 Å². The second-order valence-electron chi connectivity index (χ2n) is 9.82. The van der Waals surface area contributed by atoms with Crippen molar-refractivity contribution in [3.63, 3.8) is 0 Å². The molecule has 7 rings (SSSR count). The summed E-state index contributed by atoms with van der Waals surface area (Å²) in [6.45, 7) is 0.753. The van der Waals surface area contributed by atoms with Crippen molar-refractivity contribution in [2.24, 2.45) is 17.8 Å². The Morgan fingerprint density at radius 3 is 2.91 bits per heavy atom. The van der Waals surface area contributed by atoms with Gasteiger partial charge < -0.3 is 30.0 Å². The number of nitrogens with zero attached hydrogens (tertiary/aromatic N) is 3. The van der Waals surface area contributed by atoms with Crippen LogP contribution in [0.5, 0.6) is 0 Å². The van der Waals surface area contributed by atoms with Crippen LogP contribution in [0, 0.1) is 17.8 Å². The van der Waals surface area contributed by atoms with Crippen LogP contribution in [-0.4, -0.2) is 63.0 Å². The van der Waals surface area contributed by atoms with Gasteiger partial charge in [0, 0.05) is 37.5 Å². The lowest BCUT2D eigenvalue weighted by Gasteiger charge is -2.58. The van der Waals surface area contributed by atoms with Crippen molar-refractivity contribution in [3.05, 3.63) is 24.4 Å². The van der Waals surface area contributed by atoms with Gasteiger partial charge in [0.1, 0.15) is 5.65 Å². The number of hydrogen-bond donors (Lipinski definition) is 4. The van der Waals surface area contributed by atoms with Crippen molar-refractivity contribution < 1.29 is 19.2 Å². The first-order chi connectivity index (χ1) is 16.0. The number of H-pyrrole nitrogens is 1. The first-order valence-electron chi connectivity index (χ1n) is 11.6. The molecule has 4 aliphatic carbocycles. The van der Waals surface area contributed by atoms with Gasteiger partial charge in [-0.05, 0) is 55.9 Å². The zero-order valence-corrected chi connectivity index (χ0v) is 18.5. The van der Waals surface area contributed by atoms with Crippen molar-refractivity contribution in [2.45, 2.75) is 43.7 Å². The van der Waals surface area contributed by atoms with E-state index in [0.29, 0.717) is 42.3 Å². The van der Waals surface area contributed by atoms with Gasteiger partial charge in [-0.15, -0.1) is 0 Å². The van der Waals surface area contributed by atoms with Crippen LogP contribution in [-0.2, 0) is 4.74 Å². The van der Waals surface area contributed by atoms with Crippen LogP contribution in [0.2, 0.25) is 0 Å². The average molecular weight is 453 g/mol. The molecular formula is C23H28N6O4. The molecule has 0 aliphatic heterocycles. The molecule has 10 heteroatoms. The number of methoxy groups -OCH3 is 1. The number of fused-ring (bicyclic) bond motifs is 1. The van der Waals surface area contributed by atoms with Crippen LogP contribution in [0.15, 0.2) is 23.0 Å². The van der Waals surface area contributed by atoms with Crippen molar-refractivity contribution in [1.82, 2.24) is 25.4 Å². The third kappa shape index (κ3) is 3.57. The standard InChI is InChI=1S/C23H28N6O4/c1-32-5-4-25-21(30)22-28-20(29-33-22)16-11-26-19-15(2-3-24-19)18(16)27-17-13-6-12-7-14(17)10-23(31,8-12)9-13/h2-3,11-14,17,31H,4-10H2,1H3,(H,25,30)(H2,24,26,27)/t12?,13-,14+,17+,23-. The Morgan fingerprint density at radius 2 is 2.15 bits per heavy atom. The van der Waals surface area contributed by atoms with Gasteiger partial charge in [-0.25, -0.2) is 4.98 Å². The lowest BCUT2D eigenvalue weighted by atomic mass is 9.52. The number of pyridine rings is 1. The number of aromatic amines is 1. The molecule has 174 valence electrons. The molecule has 4 N–H and O–H groups in total. The van der Waals surface area contributed by atoms with Crippen molar-refractivity contribution in [1.29, 1.82) is 0 Å². The van der Waals surface area contributed by atoms with Gasteiger partial charge in [0.25, 0.3) is 0 Å². The minimum atomic E-state index is -0.488. The van der Waals surface area contributed by atoms with Crippen LogP contribution in [0.4, 0.5) is 5.69 Å². The molecule has 3 aromatic heterocycles. The second-order valence-corrected chi connectivity index (χ2v) is 9.82. The summed E-state index contributed by atoms with van der Waals surface area (Å²) >= 11 is 0. The first-order valence-corrected chi connectivity index (χ1v) is 11.6. The van der Waals surface area contributed by atoms with E-state index < -0.39 is 11.5 Å². The maximum atomic E-state index is 12.3. The van der Waals surface area contributed by atoms with E-state index in [1.807, 2.05) is 12.3 Å². The molecule has 3 aromatic rings. The number of hydrogen-bond acceptors (Lipinski definition) is 8. The van der Waals surface area contributed by atoms with E-state index in [1.165, 1.54) is 0 Å². The van der Waals surface area contributed by atoms with E-state index in [9.17, 15) is 9.90 Å². The fourth-order valence-electron chi connectivity index (χ4n) is 6.48. The second kappa shape index (κ2) is 7.81. The zero-order chi connectivity index (χ0) is 22.6. The van der Waals surface area contributed by atoms with E-state index in [0.717, 1.165) is 48.8 Å². The van der Waals surface area contributed by atoms with Gasteiger partial charge in [-0.2, -0.15) is 4.98 Å². The summed E-state index contributed by atoms with van der Waals surface area (Å²) < 4.78 is 10.2. The number of aliphatic hydroxyl groups is 1. The quantitative estimate of drug-likeness (QED) is 0.401. The molecule has 33 heavy (non-hydrogen) atoms. The zero-order valence-electron chi connectivity index (χ0n) is 18.5. The van der Waals surface area contributed by atoms with Gasteiger partial charge in [0.05, 0.1) is 23.5 Å². The van der Waals surface area contributed by atoms with Crippen molar-refractivity contribution >= 4 is 22.6 Å². The molecule has 1 amide bonds. The van der Waals surface area contributed by atoms with Gasteiger partial charge in [-0.3, -0.25) is 4.79 Å². The minimum Gasteiger partial charge on any atom is -0.390 e. The summed E-state index contributed by atoms with van der Waals surface area (Å²) in [5.74, 6) is 1.27. The van der Waals surface area contributed by atoms with Crippen LogP contribution in [0.25, 0.3) is 22.4 Å². The number of anilines is 1. The Morgan fingerprint density at radius 1 is 1.33 bits per heavy atom. The monoisotopic (exact) mass is 452 g/mol. The predicted molar refractivity (Wildman–Crippen MR) is 120 cm³/mol. The van der Waals surface area contributed by atoms with Gasteiger partial charge in [-0.1, -0.05) is 5.16 Å². The Labute approximate surface area is 190 Å². The first kappa shape index (κ1) is 20.6. The van der Waals surface area contributed by atoms with Gasteiger partial charge in [0.15, 0.2) is 0 Å². The van der Waals surface area contributed by atoms with Gasteiger partial charge >= 0.3 is 11.8 Å². The summed E-state index contributed by atoms with van der Waals surface area (Å²) in [4.78, 5) is 24.3. The number of nitrogens with one attached hydrogen (secondary N) is 3. The highest BCUT2D eigenvalue weighted by atomic mass is 16.5. The summed E-state index contributed by atoms with van der Waals surface area (Å²) in [5, 5.41) is 22.5. The molecule has 0 radical (unpaired) electrons. The minimum absolute atomic E-state index is 0.0990. The van der Waals surface area contributed by atoms with Crippen molar-refractivity contribution in [2.75, 3.05) is 25.6 Å². The lowest BCUT2D eigenvalue weighted by Crippen LogP contribution is -2.59. The lowest BCUT2D eigenvalue weighted by molar-refractivity contribution is -0.129. The molecule has 4 fully saturated rings. The maximum absolute atomic E-state index is 12.3. The fourth-order valence-corrected chi connectivity index (χ4v) is 6.48. The number of aromatic nitrogens is 4. The highest BCUT2D eigenvalue weighted by molar-refractivity contribution is 5.97. The largest absolute Gasteiger partial charge is 0.390 e. The Balaban J connectivity index is 1.32. The molecule has 0 spiro atoms. The Bertz CT molecular complexity index is 1170. The summed E-state index contributed by atoms with van der Waals surface area (Å²) in [6, 6.07) is 2.25. The molecule has 4 saturated carbocycles. The van der Waals surface area contributed by atoms with Crippen LogP contribution in [0.3, 0.4) is 0 Å². The van der Waals surface area contributed by atoms with Gasteiger partial charge in [0.2, 0.25) is 5.82 Å². The van der Waals surface area contributed by atoms with Crippen molar-refractivity contribution in [3.8, 4) is 11.4 Å². The van der Waals surface area contributed by atoms with E-state index in [1.54, 1.807) is 13.3 Å². The third-order valence-electron chi connectivity index (χ3n) is 7.59. The SMILES string of the molecule is COCCNC(=O)c1nc(-c2cnc3[nH]ccc3c2N[C@H]2[C@@H]3CC4C[C@H]2C[C@@](O)(C4)C3)no1. The normalized spacial score (nSPS) is 30.1. The molecule has 3 heterocycles. The van der Waals surface area contributed by atoms with E-state index in [-0.39, 0.29) is 11.9 Å². The molecule has 0 saturated heterocycles. The maximum Gasteiger partial charge on any atom is 0.316 e. The highest BCUT2D eigenvalue weighted by Gasteiger charge is 2.54. The smallest absolute Gasteiger partial charge is 0.316 e. The molecule has 1 unspecified atom stereocenters. The Hall–Kier alpha value is -2.98. The summed E-state index contributed by atoms with van der Waals surface area (Å²) in [7, 11) is 1.57. The molecule has 5 atom stereocenters. The summed E-state index contributed by atoms with van der Waals surface area (Å²) in [6.07, 6.45) is 8.53. The van der Waals surface area contributed by atoms with E-state index >= 15 is 0 Å². The van der Waals surface area contributed by atoms with Crippen LogP contribution < -0.4 is 10.6 Å². The number of amides is 1. The van der Waals surface area contributed by atoms with E-state index in [2.05, 4.69) is 30.7 Å². The Kier molecular flexibility index (Phi) is 4.88.